The maximum Gasteiger partial charge on any atom is 0.227 e. The lowest BCUT2D eigenvalue weighted by atomic mass is 10.1. The fourth-order valence-corrected chi connectivity index (χ4v) is 3.38. The van der Waals surface area contributed by atoms with Gasteiger partial charge in [0.15, 0.2) is 0 Å². The molecule has 0 spiro atoms. The second-order valence-electron chi connectivity index (χ2n) is 6.52. The molecule has 0 unspecified atom stereocenters. The van der Waals surface area contributed by atoms with E-state index in [0.717, 1.165) is 37.6 Å². The summed E-state index contributed by atoms with van der Waals surface area (Å²) >= 11 is 0. The van der Waals surface area contributed by atoms with Gasteiger partial charge in [0.25, 0.3) is 0 Å². The number of benzene rings is 1. The van der Waals surface area contributed by atoms with Crippen molar-refractivity contribution in [1.82, 2.24) is 4.90 Å². The van der Waals surface area contributed by atoms with Crippen LogP contribution < -0.4 is 9.64 Å². The molecule has 6 nitrogen and oxygen atoms in total. The predicted octanol–water partition coefficient (Wildman–Crippen LogP) is 2.08. The van der Waals surface area contributed by atoms with Gasteiger partial charge in [-0.15, -0.1) is 0 Å². The van der Waals surface area contributed by atoms with Crippen molar-refractivity contribution in [3.8, 4) is 5.75 Å². The van der Waals surface area contributed by atoms with E-state index in [9.17, 15) is 9.59 Å². The second-order valence-corrected chi connectivity index (χ2v) is 6.52. The Morgan fingerprint density at radius 3 is 2.84 bits per heavy atom. The molecular formula is C19H26N2O4. The Bertz CT molecular complexity index is 613. The number of hydrogen-bond donors (Lipinski definition) is 0. The number of carbonyl (C=O) groups excluding carboxylic acids is 2. The van der Waals surface area contributed by atoms with E-state index < -0.39 is 0 Å². The maximum atomic E-state index is 12.6. The summed E-state index contributed by atoms with van der Waals surface area (Å²) in [4.78, 5) is 28.7. The van der Waals surface area contributed by atoms with E-state index in [2.05, 4.69) is 0 Å². The fourth-order valence-electron chi connectivity index (χ4n) is 3.38. The first-order valence-electron chi connectivity index (χ1n) is 9.06. The van der Waals surface area contributed by atoms with E-state index in [1.165, 1.54) is 0 Å². The standard InChI is InChI=1S/C19H26N2O4/c1-2-20(13-15-9-11-24-14-15)18(22)7-8-19(23)21-10-12-25-17-6-4-3-5-16(17)21/h3-6,15H,2,7-14H2,1H3/t15-/m0/s1. The molecule has 0 aliphatic carbocycles. The summed E-state index contributed by atoms with van der Waals surface area (Å²) in [5, 5.41) is 0. The van der Waals surface area contributed by atoms with Gasteiger partial charge in [0.05, 0.1) is 18.8 Å². The molecular weight excluding hydrogens is 320 g/mol. The number of amides is 2. The highest BCUT2D eigenvalue weighted by Gasteiger charge is 2.25. The molecule has 0 aromatic heterocycles. The van der Waals surface area contributed by atoms with Crippen LogP contribution in [-0.2, 0) is 14.3 Å². The molecule has 0 bridgehead atoms. The third-order valence-corrected chi connectivity index (χ3v) is 4.82. The first kappa shape index (κ1) is 17.7. The highest BCUT2D eigenvalue weighted by molar-refractivity contribution is 5.97. The zero-order valence-corrected chi connectivity index (χ0v) is 14.8. The van der Waals surface area contributed by atoms with Gasteiger partial charge in [0.2, 0.25) is 11.8 Å². The number of fused-ring (bicyclic) bond motifs is 1. The minimum absolute atomic E-state index is 0.0237. The molecule has 0 N–H and O–H groups in total. The second kappa shape index (κ2) is 8.34. The molecule has 1 atom stereocenters. The maximum absolute atomic E-state index is 12.6. The summed E-state index contributed by atoms with van der Waals surface area (Å²) in [6, 6.07) is 7.53. The van der Waals surface area contributed by atoms with Crippen molar-refractivity contribution in [2.75, 3.05) is 44.4 Å². The number of carbonyl (C=O) groups is 2. The highest BCUT2D eigenvalue weighted by atomic mass is 16.5. The predicted molar refractivity (Wildman–Crippen MR) is 94.7 cm³/mol. The Hall–Kier alpha value is -2.08. The summed E-state index contributed by atoms with van der Waals surface area (Å²) < 4.78 is 11.0. The van der Waals surface area contributed by atoms with E-state index in [-0.39, 0.29) is 24.7 Å². The van der Waals surface area contributed by atoms with Crippen LogP contribution in [-0.4, -0.2) is 56.2 Å². The summed E-state index contributed by atoms with van der Waals surface area (Å²) in [6.07, 6.45) is 1.48. The van der Waals surface area contributed by atoms with Crippen LogP contribution in [0.1, 0.15) is 26.2 Å². The quantitative estimate of drug-likeness (QED) is 0.791. The van der Waals surface area contributed by atoms with Gasteiger partial charge in [-0.2, -0.15) is 0 Å². The van der Waals surface area contributed by atoms with Crippen molar-refractivity contribution in [3.63, 3.8) is 0 Å². The van der Waals surface area contributed by atoms with E-state index in [4.69, 9.17) is 9.47 Å². The molecule has 0 radical (unpaired) electrons. The number of nitrogens with zero attached hydrogens (tertiary/aromatic N) is 2. The third-order valence-electron chi connectivity index (χ3n) is 4.82. The number of para-hydroxylation sites is 2. The van der Waals surface area contributed by atoms with Gasteiger partial charge < -0.3 is 19.3 Å². The molecule has 1 fully saturated rings. The van der Waals surface area contributed by atoms with Gasteiger partial charge in [-0.25, -0.2) is 0 Å². The highest BCUT2D eigenvalue weighted by Crippen LogP contribution is 2.31. The molecule has 3 rings (SSSR count). The molecule has 0 saturated carbocycles. The Labute approximate surface area is 148 Å². The van der Waals surface area contributed by atoms with Gasteiger partial charge in [-0.05, 0) is 25.5 Å². The summed E-state index contributed by atoms with van der Waals surface area (Å²) in [5.74, 6) is 1.17. The number of hydrogen-bond acceptors (Lipinski definition) is 4. The van der Waals surface area contributed by atoms with E-state index in [0.29, 0.717) is 25.6 Å². The van der Waals surface area contributed by atoms with Gasteiger partial charge in [-0.3, -0.25) is 9.59 Å². The molecule has 6 heteroatoms. The minimum Gasteiger partial charge on any atom is -0.490 e. The van der Waals surface area contributed by atoms with Crippen molar-refractivity contribution in [2.24, 2.45) is 5.92 Å². The largest absolute Gasteiger partial charge is 0.490 e. The van der Waals surface area contributed by atoms with Crippen LogP contribution in [0.15, 0.2) is 24.3 Å². The molecule has 2 heterocycles. The van der Waals surface area contributed by atoms with Gasteiger partial charge in [0, 0.05) is 38.5 Å². The summed E-state index contributed by atoms with van der Waals surface area (Å²) in [7, 11) is 0. The molecule has 136 valence electrons. The molecule has 2 aliphatic heterocycles. The van der Waals surface area contributed by atoms with Gasteiger partial charge >= 0.3 is 0 Å². The number of anilines is 1. The van der Waals surface area contributed by atoms with Crippen LogP contribution in [0, 0.1) is 5.92 Å². The number of ether oxygens (including phenoxy) is 2. The summed E-state index contributed by atoms with van der Waals surface area (Å²) in [6.45, 7) is 5.90. The lowest BCUT2D eigenvalue weighted by Crippen LogP contribution is -2.39. The zero-order chi connectivity index (χ0) is 17.6. The van der Waals surface area contributed by atoms with Crippen LogP contribution in [0.4, 0.5) is 5.69 Å². The third kappa shape index (κ3) is 4.31. The average Bonchev–Trinajstić information content (AvgIpc) is 3.16. The first-order valence-corrected chi connectivity index (χ1v) is 9.06. The number of rotatable bonds is 6. The smallest absolute Gasteiger partial charge is 0.227 e. The topological polar surface area (TPSA) is 59.1 Å². The van der Waals surface area contributed by atoms with Crippen molar-refractivity contribution < 1.29 is 19.1 Å². The fraction of sp³-hybridized carbons (Fsp3) is 0.579. The van der Waals surface area contributed by atoms with Crippen LogP contribution in [0.3, 0.4) is 0 Å². The van der Waals surface area contributed by atoms with Crippen molar-refractivity contribution in [2.45, 2.75) is 26.2 Å². The minimum atomic E-state index is -0.0237. The Morgan fingerprint density at radius 2 is 2.08 bits per heavy atom. The van der Waals surface area contributed by atoms with Crippen molar-refractivity contribution in [1.29, 1.82) is 0 Å². The monoisotopic (exact) mass is 346 g/mol. The zero-order valence-electron chi connectivity index (χ0n) is 14.8. The van der Waals surface area contributed by atoms with Gasteiger partial charge in [-0.1, -0.05) is 12.1 Å². The SMILES string of the molecule is CCN(C[C@@H]1CCOC1)C(=O)CCC(=O)N1CCOc2ccccc21. The Morgan fingerprint density at radius 1 is 1.24 bits per heavy atom. The molecule has 25 heavy (non-hydrogen) atoms. The van der Waals surface area contributed by atoms with Crippen LogP contribution in [0.25, 0.3) is 0 Å². The van der Waals surface area contributed by atoms with Crippen LogP contribution in [0.5, 0.6) is 5.75 Å². The average molecular weight is 346 g/mol. The molecule has 1 saturated heterocycles. The lowest BCUT2D eigenvalue weighted by molar-refractivity contribution is -0.133. The van der Waals surface area contributed by atoms with Crippen molar-refractivity contribution in [3.05, 3.63) is 24.3 Å². The summed E-state index contributed by atoms with van der Waals surface area (Å²) in [5.41, 5.74) is 0.793. The van der Waals surface area contributed by atoms with Crippen LogP contribution in [0.2, 0.25) is 0 Å². The van der Waals surface area contributed by atoms with Gasteiger partial charge in [0.1, 0.15) is 12.4 Å². The first-order chi connectivity index (χ1) is 12.2. The molecule has 1 aromatic rings. The normalized spacial score (nSPS) is 19.2. The Kier molecular flexibility index (Phi) is 5.91. The molecule has 2 aliphatic rings. The Balaban J connectivity index is 1.54. The lowest BCUT2D eigenvalue weighted by Gasteiger charge is -2.30. The van der Waals surface area contributed by atoms with Crippen LogP contribution >= 0.6 is 0 Å². The molecule has 2 amide bonds. The van der Waals surface area contributed by atoms with E-state index >= 15 is 0 Å². The molecule has 1 aromatic carbocycles. The van der Waals surface area contributed by atoms with E-state index in [1.54, 1.807) is 4.90 Å². The van der Waals surface area contributed by atoms with E-state index in [1.807, 2.05) is 36.1 Å². The van der Waals surface area contributed by atoms with Crippen molar-refractivity contribution >= 4 is 17.5 Å².